The maximum absolute atomic E-state index is 10.7. The summed E-state index contributed by atoms with van der Waals surface area (Å²) in [6, 6.07) is 8.91. The maximum Gasteiger partial charge on any atom is 0.271 e. The molecule has 0 saturated heterocycles. The van der Waals surface area contributed by atoms with E-state index in [1.807, 2.05) is 12.2 Å². The lowest BCUT2D eigenvalue weighted by Crippen LogP contribution is -1.86. The van der Waals surface area contributed by atoms with Gasteiger partial charge >= 0.3 is 0 Å². The zero-order chi connectivity index (χ0) is 14.1. The number of nitro benzene ring substituents is 1. The van der Waals surface area contributed by atoms with E-state index in [-0.39, 0.29) is 5.69 Å². The number of nitro groups is 1. The van der Waals surface area contributed by atoms with Crippen LogP contribution < -0.4 is 0 Å². The molecule has 4 nitrogen and oxygen atoms in total. The van der Waals surface area contributed by atoms with E-state index in [0.717, 1.165) is 9.71 Å². The van der Waals surface area contributed by atoms with Gasteiger partial charge in [-0.1, -0.05) is 0 Å². The smallest absolute Gasteiger partial charge is 0.258 e. The first-order valence-corrected chi connectivity index (χ1v) is 7.54. The van der Waals surface area contributed by atoms with E-state index in [0.29, 0.717) is 5.52 Å². The molecule has 0 N–H and O–H groups in total. The van der Waals surface area contributed by atoms with Crippen LogP contribution in [-0.4, -0.2) is 9.91 Å². The Morgan fingerprint density at radius 2 is 2.05 bits per heavy atom. The number of thiophene rings is 1. The van der Waals surface area contributed by atoms with Crippen LogP contribution in [0.4, 0.5) is 5.69 Å². The highest BCUT2D eigenvalue weighted by atomic mass is 32.1. The van der Waals surface area contributed by atoms with Gasteiger partial charge in [-0.3, -0.25) is 10.1 Å². The molecule has 3 rings (SSSR count). The van der Waals surface area contributed by atoms with Gasteiger partial charge in [-0.05, 0) is 37.3 Å². The molecular formula is C14H10N2O2S2. The van der Waals surface area contributed by atoms with E-state index in [1.54, 1.807) is 17.4 Å². The van der Waals surface area contributed by atoms with Crippen LogP contribution in [0.3, 0.4) is 0 Å². The summed E-state index contributed by atoms with van der Waals surface area (Å²) in [5.74, 6) is 0. The van der Waals surface area contributed by atoms with Gasteiger partial charge in [-0.15, -0.1) is 22.7 Å². The van der Waals surface area contributed by atoms with Crippen molar-refractivity contribution in [2.75, 3.05) is 0 Å². The summed E-state index contributed by atoms with van der Waals surface area (Å²) in [6.45, 7) is 2.07. The molecule has 0 fully saturated rings. The van der Waals surface area contributed by atoms with Gasteiger partial charge in [0, 0.05) is 21.9 Å². The summed E-state index contributed by atoms with van der Waals surface area (Å²) in [6.07, 6.45) is 3.96. The third-order valence-electron chi connectivity index (χ3n) is 2.75. The molecule has 0 aliphatic rings. The predicted octanol–water partition coefficient (Wildman–Crippen LogP) is 4.74. The van der Waals surface area contributed by atoms with Crippen molar-refractivity contribution in [1.29, 1.82) is 0 Å². The highest BCUT2D eigenvalue weighted by molar-refractivity contribution is 7.19. The van der Waals surface area contributed by atoms with Gasteiger partial charge in [0.2, 0.25) is 0 Å². The number of hydrogen-bond donors (Lipinski definition) is 0. The topological polar surface area (TPSA) is 56.0 Å². The number of nitrogens with zero attached hydrogens (tertiary/aromatic N) is 2. The number of hydrogen-bond acceptors (Lipinski definition) is 5. The van der Waals surface area contributed by atoms with Crippen molar-refractivity contribution >= 4 is 50.7 Å². The van der Waals surface area contributed by atoms with E-state index in [9.17, 15) is 10.1 Å². The fourth-order valence-corrected chi connectivity index (χ4v) is 3.45. The number of aryl methyl sites for hydroxylation is 1. The summed E-state index contributed by atoms with van der Waals surface area (Å²) in [5.41, 5.74) is 0.749. The molecule has 3 aromatic rings. The number of aromatic nitrogens is 1. The first kappa shape index (κ1) is 13.0. The average Bonchev–Trinajstić information content (AvgIpc) is 3.00. The average molecular weight is 302 g/mol. The molecule has 0 atom stereocenters. The normalized spacial score (nSPS) is 11.4. The second-order valence-electron chi connectivity index (χ2n) is 4.24. The minimum Gasteiger partial charge on any atom is -0.258 e. The first-order chi connectivity index (χ1) is 9.61. The molecule has 2 heterocycles. The Kier molecular flexibility index (Phi) is 3.33. The molecule has 0 saturated carbocycles. The lowest BCUT2D eigenvalue weighted by molar-refractivity contribution is -0.384. The molecule has 100 valence electrons. The molecule has 20 heavy (non-hydrogen) atoms. The lowest BCUT2D eigenvalue weighted by Gasteiger charge is -1.89. The van der Waals surface area contributed by atoms with Crippen molar-refractivity contribution in [3.63, 3.8) is 0 Å². The maximum atomic E-state index is 10.7. The number of thiazole rings is 1. The molecular weight excluding hydrogens is 292 g/mol. The van der Waals surface area contributed by atoms with Gasteiger partial charge in [0.1, 0.15) is 5.01 Å². The summed E-state index contributed by atoms with van der Waals surface area (Å²) < 4.78 is 0.956. The fraction of sp³-hybridized carbons (Fsp3) is 0.0714. The number of rotatable bonds is 3. The summed E-state index contributed by atoms with van der Waals surface area (Å²) >= 11 is 3.25. The highest BCUT2D eigenvalue weighted by Gasteiger charge is 2.09. The Morgan fingerprint density at radius 1 is 1.20 bits per heavy atom. The van der Waals surface area contributed by atoms with Crippen LogP contribution in [-0.2, 0) is 0 Å². The minimum atomic E-state index is -0.400. The Labute approximate surface area is 123 Å². The SMILES string of the molecule is Cc1ccc(/C=C\c2nc3cc([N+](=O)[O-])ccc3s2)s1. The molecule has 0 unspecified atom stereocenters. The summed E-state index contributed by atoms with van der Waals surface area (Å²) in [7, 11) is 0. The number of fused-ring (bicyclic) bond motifs is 1. The van der Waals surface area contributed by atoms with Crippen LogP contribution in [0, 0.1) is 17.0 Å². The largest absolute Gasteiger partial charge is 0.271 e. The fourth-order valence-electron chi connectivity index (χ4n) is 1.81. The van der Waals surface area contributed by atoms with Crippen LogP contribution in [0.2, 0.25) is 0 Å². The van der Waals surface area contributed by atoms with Gasteiger partial charge in [0.25, 0.3) is 5.69 Å². The molecule has 0 aliphatic heterocycles. The van der Waals surface area contributed by atoms with E-state index in [4.69, 9.17) is 0 Å². The van der Waals surface area contributed by atoms with Gasteiger partial charge in [0.05, 0.1) is 15.1 Å². The predicted molar refractivity (Wildman–Crippen MR) is 84.3 cm³/mol. The molecule has 0 spiro atoms. The molecule has 0 aliphatic carbocycles. The Bertz CT molecular complexity index is 818. The standard InChI is InChI=1S/C14H10N2O2S2/c1-9-2-4-11(19-9)5-7-14-15-12-8-10(16(17)18)3-6-13(12)20-14/h2-8H,1H3/b7-5-. The minimum absolute atomic E-state index is 0.0761. The zero-order valence-corrected chi connectivity index (χ0v) is 12.2. The lowest BCUT2D eigenvalue weighted by atomic mass is 10.3. The molecule has 1 aromatic carbocycles. The van der Waals surface area contributed by atoms with Gasteiger partial charge in [-0.2, -0.15) is 0 Å². The van der Waals surface area contributed by atoms with Crippen molar-refractivity contribution in [1.82, 2.24) is 4.98 Å². The van der Waals surface area contributed by atoms with E-state index in [2.05, 4.69) is 24.0 Å². The molecule has 2 aromatic heterocycles. The van der Waals surface area contributed by atoms with Gasteiger partial charge < -0.3 is 0 Å². The Balaban J connectivity index is 1.92. The van der Waals surface area contributed by atoms with Crippen LogP contribution >= 0.6 is 22.7 Å². The number of benzene rings is 1. The molecule has 0 radical (unpaired) electrons. The zero-order valence-electron chi connectivity index (χ0n) is 10.6. The van der Waals surface area contributed by atoms with Gasteiger partial charge in [0.15, 0.2) is 0 Å². The van der Waals surface area contributed by atoms with Crippen molar-refractivity contribution in [3.05, 3.63) is 55.2 Å². The third-order valence-corrected chi connectivity index (χ3v) is 4.72. The second-order valence-corrected chi connectivity index (χ2v) is 6.62. The molecule has 6 heteroatoms. The molecule has 0 bridgehead atoms. The van der Waals surface area contributed by atoms with Gasteiger partial charge in [-0.25, -0.2) is 4.98 Å². The second kappa shape index (κ2) is 5.15. The van der Waals surface area contributed by atoms with Crippen LogP contribution in [0.25, 0.3) is 22.4 Å². The first-order valence-electron chi connectivity index (χ1n) is 5.91. The summed E-state index contributed by atoms with van der Waals surface area (Å²) in [4.78, 5) is 17.2. The van der Waals surface area contributed by atoms with E-state index >= 15 is 0 Å². The molecule has 0 amide bonds. The van der Waals surface area contributed by atoms with Crippen molar-refractivity contribution < 1.29 is 4.92 Å². The quantitative estimate of drug-likeness (QED) is 0.518. The van der Waals surface area contributed by atoms with Crippen molar-refractivity contribution in [2.45, 2.75) is 6.92 Å². The van der Waals surface area contributed by atoms with E-state index < -0.39 is 4.92 Å². The Morgan fingerprint density at radius 3 is 2.75 bits per heavy atom. The summed E-state index contributed by atoms with van der Waals surface area (Å²) in [5, 5.41) is 11.6. The third kappa shape index (κ3) is 2.61. The van der Waals surface area contributed by atoms with Crippen molar-refractivity contribution in [2.24, 2.45) is 0 Å². The van der Waals surface area contributed by atoms with E-state index in [1.165, 1.54) is 33.2 Å². The Hall–Kier alpha value is -2.05. The van der Waals surface area contributed by atoms with Crippen LogP contribution in [0.5, 0.6) is 0 Å². The highest BCUT2D eigenvalue weighted by Crippen LogP contribution is 2.27. The van der Waals surface area contributed by atoms with Crippen molar-refractivity contribution in [3.8, 4) is 0 Å². The monoisotopic (exact) mass is 302 g/mol. The number of non-ortho nitro benzene ring substituents is 1. The van der Waals surface area contributed by atoms with Crippen LogP contribution in [0.1, 0.15) is 14.8 Å². The van der Waals surface area contributed by atoms with Crippen LogP contribution in [0.15, 0.2) is 30.3 Å².